The fourth-order valence-electron chi connectivity index (χ4n) is 2.60. The Labute approximate surface area is 181 Å². The molecule has 0 aliphatic heterocycles. The molecule has 0 aromatic heterocycles. The van der Waals surface area contributed by atoms with Gasteiger partial charge in [0.15, 0.2) is 0 Å². The molecule has 0 saturated carbocycles. The molecule has 0 bridgehead atoms. The first-order chi connectivity index (χ1) is 14.1. The molecule has 30 heavy (non-hydrogen) atoms. The van der Waals surface area contributed by atoms with Gasteiger partial charge in [0.2, 0.25) is 17.7 Å². The van der Waals surface area contributed by atoms with Crippen molar-refractivity contribution in [2.75, 3.05) is 5.75 Å². The summed E-state index contributed by atoms with van der Waals surface area (Å²) in [6, 6.07) is 5.13. The van der Waals surface area contributed by atoms with Gasteiger partial charge in [0, 0.05) is 12.2 Å². The predicted molar refractivity (Wildman–Crippen MR) is 116 cm³/mol. The summed E-state index contributed by atoms with van der Waals surface area (Å²) in [6.07, 6.45) is 0.200. The summed E-state index contributed by atoms with van der Waals surface area (Å²) < 4.78 is 0. The molecular formula is C20H30N4O5S. The van der Waals surface area contributed by atoms with Crippen molar-refractivity contribution in [3.8, 4) is 0 Å². The summed E-state index contributed by atoms with van der Waals surface area (Å²) in [4.78, 5) is 48.8. The Bertz CT molecular complexity index is 742. The molecule has 0 heterocycles. The molecule has 1 aromatic rings. The average molecular weight is 439 g/mol. The average Bonchev–Trinajstić information content (AvgIpc) is 2.69. The van der Waals surface area contributed by atoms with Gasteiger partial charge in [0.1, 0.15) is 18.1 Å². The number of carboxylic acids is 1. The Morgan fingerprint density at radius 2 is 1.50 bits per heavy atom. The smallest absolute Gasteiger partial charge is 0.327 e. The van der Waals surface area contributed by atoms with Crippen molar-refractivity contribution in [1.82, 2.24) is 16.0 Å². The number of thiol groups is 1. The predicted octanol–water partition coefficient (Wildman–Crippen LogP) is -0.299. The van der Waals surface area contributed by atoms with E-state index in [2.05, 4.69) is 28.6 Å². The van der Waals surface area contributed by atoms with E-state index in [4.69, 9.17) is 10.8 Å². The third-order valence-electron chi connectivity index (χ3n) is 4.37. The van der Waals surface area contributed by atoms with Crippen molar-refractivity contribution < 1.29 is 24.3 Å². The van der Waals surface area contributed by atoms with Crippen LogP contribution in [0.5, 0.6) is 0 Å². The number of nitrogens with two attached hydrogens (primary N) is 1. The van der Waals surface area contributed by atoms with E-state index in [0.29, 0.717) is 0 Å². The quantitative estimate of drug-likeness (QED) is 0.261. The molecular weight excluding hydrogens is 408 g/mol. The normalized spacial score (nSPS) is 14.9. The van der Waals surface area contributed by atoms with Gasteiger partial charge in [0.05, 0.1) is 6.04 Å². The van der Waals surface area contributed by atoms with Crippen LogP contribution in [0.1, 0.15) is 26.3 Å². The highest BCUT2D eigenvalue weighted by molar-refractivity contribution is 7.80. The second kappa shape index (κ2) is 12.2. The Morgan fingerprint density at radius 3 is 1.97 bits per heavy atom. The van der Waals surface area contributed by atoms with Gasteiger partial charge in [-0.2, -0.15) is 12.6 Å². The van der Waals surface area contributed by atoms with Gasteiger partial charge in [-0.1, -0.05) is 44.2 Å². The maximum absolute atomic E-state index is 12.9. The molecule has 0 fully saturated rings. The van der Waals surface area contributed by atoms with Crippen LogP contribution < -0.4 is 21.7 Å². The molecule has 9 nitrogen and oxygen atoms in total. The highest BCUT2D eigenvalue weighted by Gasteiger charge is 2.31. The molecule has 166 valence electrons. The molecule has 0 saturated heterocycles. The highest BCUT2D eigenvalue weighted by Crippen LogP contribution is 2.07. The second-order valence-corrected chi connectivity index (χ2v) is 7.72. The molecule has 0 spiro atoms. The Kier molecular flexibility index (Phi) is 10.3. The van der Waals surface area contributed by atoms with Crippen molar-refractivity contribution in [2.45, 2.75) is 51.4 Å². The van der Waals surface area contributed by atoms with Crippen molar-refractivity contribution in [1.29, 1.82) is 0 Å². The molecule has 0 radical (unpaired) electrons. The lowest BCUT2D eigenvalue weighted by molar-refractivity contribution is -0.142. The Morgan fingerprint density at radius 1 is 0.933 bits per heavy atom. The summed E-state index contributed by atoms with van der Waals surface area (Å²) >= 11 is 3.92. The van der Waals surface area contributed by atoms with Gasteiger partial charge in [0.25, 0.3) is 0 Å². The van der Waals surface area contributed by atoms with Crippen LogP contribution in [0.4, 0.5) is 0 Å². The lowest BCUT2D eigenvalue weighted by Crippen LogP contribution is -2.58. The highest BCUT2D eigenvalue weighted by atomic mass is 32.1. The van der Waals surface area contributed by atoms with Crippen LogP contribution in [0.2, 0.25) is 0 Å². The van der Waals surface area contributed by atoms with Crippen LogP contribution >= 0.6 is 12.6 Å². The number of benzene rings is 1. The summed E-state index contributed by atoms with van der Waals surface area (Å²) in [5.74, 6) is -3.36. The number of carbonyl (C=O) groups excluding carboxylic acids is 3. The first-order valence-electron chi connectivity index (χ1n) is 9.61. The van der Waals surface area contributed by atoms with E-state index in [-0.39, 0.29) is 18.1 Å². The fourth-order valence-corrected chi connectivity index (χ4v) is 2.85. The van der Waals surface area contributed by atoms with Gasteiger partial charge in [-0.05, 0) is 18.4 Å². The Balaban J connectivity index is 2.99. The largest absolute Gasteiger partial charge is 0.480 e. The molecule has 3 amide bonds. The van der Waals surface area contributed by atoms with E-state index in [1.54, 1.807) is 13.8 Å². The van der Waals surface area contributed by atoms with Gasteiger partial charge < -0.3 is 26.8 Å². The Hall–Kier alpha value is -2.59. The molecule has 1 rings (SSSR count). The number of nitrogens with one attached hydrogen (secondary N) is 3. The van der Waals surface area contributed by atoms with Gasteiger partial charge >= 0.3 is 5.97 Å². The zero-order chi connectivity index (χ0) is 22.8. The SMILES string of the molecule is CC(N)C(=O)NC(Cc1ccccc1)C(=O)NC(C(=O)NC(CS)C(=O)O)C(C)C. The first-order valence-corrected chi connectivity index (χ1v) is 10.2. The molecule has 6 N–H and O–H groups in total. The number of rotatable bonds is 11. The maximum Gasteiger partial charge on any atom is 0.327 e. The van der Waals surface area contributed by atoms with Crippen LogP contribution in [0.3, 0.4) is 0 Å². The van der Waals surface area contributed by atoms with Crippen molar-refractivity contribution >= 4 is 36.3 Å². The number of carboxylic acid groups (broad SMARTS) is 1. The summed E-state index contributed by atoms with van der Waals surface area (Å²) in [5.41, 5.74) is 6.42. The molecule has 0 aliphatic carbocycles. The van der Waals surface area contributed by atoms with E-state index < -0.39 is 47.9 Å². The van der Waals surface area contributed by atoms with Crippen LogP contribution in [-0.2, 0) is 25.6 Å². The van der Waals surface area contributed by atoms with E-state index >= 15 is 0 Å². The summed E-state index contributed by atoms with van der Waals surface area (Å²) in [7, 11) is 0. The topological polar surface area (TPSA) is 151 Å². The first kappa shape index (κ1) is 25.4. The monoisotopic (exact) mass is 438 g/mol. The zero-order valence-electron chi connectivity index (χ0n) is 17.3. The van der Waals surface area contributed by atoms with Crippen LogP contribution in [-0.4, -0.2) is 58.7 Å². The molecule has 4 unspecified atom stereocenters. The number of hydrogen-bond donors (Lipinski definition) is 6. The van der Waals surface area contributed by atoms with Crippen LogP contribution in [0, 0.1) is 5.92 Å². The van der Waals surface area contributed by atoms with E-state index in [1.807, 2.05) is 30.3 Å². The van der Waals surface area contributed by atoms with Crippen molar-refractivity contribution in [2.24, 2.45) is 11.7 Å². The molecule has 1 aromatic carbocycles. The standard InChI is InChI=1S/C20H30N4O5S/c1-11(2)16(19(27)23-15(10-30)20(28)29)24-18(26)14(22-17(25)12(3)21)9-13-7-5-4-6-8-13/h4-8,11-12,14-16,30H,9-10,21H2,1-3H3,(H,22,25)(H,23,27)(H,24,26)(H,28,29). The van der Waals surface area contributed by atoms with E-state index in [1.165, 1.54) is 6.92 Å². The van der Waals surface area contributed by atoms with Gasteiger partial charge in [-0.15, -0.1) is 0 Å². The molecule has 0 aliphatic rings. The van der Waals surface area contributed by atoms with Crippen molar-refractivity contribution in [3.63, 3.8) is 0 Å². The minimum absolute atomic E-state index is 0.0963. The molecule has 4 atom stereocenters. The summed E-state index contributed by atoms with van der Waals surface area (Å²) in [5, 5.41) is 16.7. The lowest BCUT2D eigenvalue weighted by Gasteiger charge is -2.26. The second-order valence-electron chi connectivity index (χ2n) is 7.35. The van der Waals surface area contributed by atoms with Crippen molar-refractivity contribution in [3.05, 3.63) is 35.9 Å². The minimum atomic E-state index is -1.22. The number of hydrogen-bond acceptors (Lipinski definition) is 6. The van der Waals surface area contributed by atoms with Gasteiger partial charge in [-0.25, -0.2) is 4.79 Å². The number of aliphatic carboxylic acids is 1. The molecule has 10 heteroatoms. The zero-order valence-corrected chi connectivity index (χ0v) is 18.2. The van der Waals surface area contributed by atoms with Crippen LogP contribution in [0.25, 0.3) is 0 Å². The number of amides is 3. The third-order valence-corrected chi connectivity index (χ3v) is 4.74. The maximum atomic E-state index is 12.9. The fraction of sp³-hybridized carbons (Fsp3) is 0.500. The summed E-state index contributed by atoms with van der Waals surface area (Å²) in [6.45, 7) is 4.93. The van der Waals surface area contributed by atoms with E-state index in [9.17, 15) is 19.2 Å². The third kappa shape index (κ3) is 8.03. The number of carbonyl (C=O) groups is 4. The van der Waals surface area contributed by atoms with E-state index in [0.717, 1.165) is 5.56 Å². The van der Waals surface area contributed by atoms with Gasteiger partial charge in [-0.3, -0.25) is 14.4 Å². The van der Waals surface area contributed by atoms with Crippen LogP contribution in [0.15, 0.2) is 30.3 Å². The minimum Gasteiger partial charge on any atom is -0.480 e. The lowest BCUT2D eigenvalue weighted by atomic mass is 10.0.